The van der Waals surface area contributed by atoms with Crippen molar-refractivity contribution in [2.75, 3.05) is 45.6 Å². The van der Waals surface area contributed by atoms with Gasteiger partial charge in [-0.1, -0.05) is 42.5 Å². The summed E-state index contributed by atoms with van der Waals surface area (Å²) >= 11 is 1.89. The molecule has 0 atom stereocenters. The molecule has 0 bridgehead atoms. The van der Waals surface area contributed by atoms with Crippen LogP contribution in [0.5, 0.6) is 0 Å². The molecule has 3 rings (SSSR count). The van der Waals surface area contributed by atoms with Crippen LogP contribution in [0.2, 0.25) is 0 Å². The van der Waals surface area contributed by atoms with Gasteiger partial charge < -0.3 is 15.4 Å². The van der Waals surface area contributed by atoms with Crippen molar-refractivity contribution in [2.45, 2.75) is 24.4 Å². The number of thioether (sulfide) groups is 1. The molecule has 0 aromatic heterocycles. The van der Waals surface area contributed by atoms with Gasteiger partial charge in [0.1, 0.15) is 0 Å². The Kier molecular flexibility index (Phi) is 9.36. The van der Waals surface area contributed by atoms with E-state index in [0.29, 0.717) is 0 Å². The number of benzene rings is 2. The van der Waals surface area contributed by atoms with E-state index in [9.17, 15) is 0 Å². The summed E-state index contributed by atoms with van der Waals surface area (Å²) in [5, 5.41) is 6.89. The fourth-order valence-electron chi connectivity index (χ4n) is 3.27. The fraction of sp³-hybridized carbons (Fsp3) is 0.435. The second-order valence-electron chi connectivity index (χ2n) is 7.02. The van der Waals surface area contributed by atoms with Crippen LogP contribution >= 0.6 is 11.8 Å². The molecule has 2 N–H and O–H groups in total. The van der Waals surface area contributed by atoms with E-state index in [1.807, 2.05) is 18.8 Å². The standard InChI is InChI=1S/C23H32N4OS/c1-24-23(25-12-7-17-29-22-10-3-2-4-11-22)26-18-20-8-5-6-9-21(20)19-27-13-15-28-16-14-27/h2-6,8-11H,7,12-19H2,1H3,(H2,24,25,26). The average molecular weight is 413 g/mol. The smallest absolute Gasteiger partial charge is 0.191 e. The Labute approximate surface area is 178 Å². The van der Waals surface area contributed by atoms with Crippen LogP contribution in [0.25, 0.3) is 0 Å². The summed E-state index contributed by atoms with van der Waals surface area (Å²) in [6, 6.07) is 19.2. The van der Waals surface area contributed by atoms with Crippen LogP contribution in [0, 0.1) is 0 Å². The van der Waals surface area contributed by atoms with Gasteiger partial charge >= 0.3 is 0 Å². The minimum atomic E-state index is 0.777. The Morgan fingerprint density at radius 3 is 2.48 bits per heavy atom. The Hall–Kier alpha value is -2.02. The van der Waals surface area contributed by atoms with E-state index in [0.717, 1.165) is 64.1 Å². The van der Waals surface area contributed by atoms with Crippen molar-refractivity contribution in [3.05, 3.63) is 65.7 Å². The van der Waals surface area contributed by atoms with Gasteiger partial charge in [0, 0.05) is 44.7 Å². The molecule has 1 aliphatic rings. The average Bonchev–Trinajstić information content (AvgIpc) is 2.78. The van der Waals surface area contributed by atoms with Crippen LogP contribution in [0.15, 0.2) is 64.5 Å². The lowest BCUT2D eigenvalue weighted by Gasteiger charge is -2.27. The first kappa shape index (κ1) is 21.7. The molecular weight excluding hydrogens is 380 g/mol. The zero-order valence-electron chi connectivity index (χ0n) is 17.3. The molecule has 0 aliphatic carbocycles. The van der Waals surface area contributed by atoms with Crippen molar-refractivity contribution in [3.63, 3.8) is 0 Å². The van der Waals surface area contributed by atoms with Gasteiger partial charge in [0.25, 0.3) is 0 Å². The highest BCUT2D eigenvalue weighted by Crippen LogP contribution is 2.17. The summed E-state index contributed by atoms with van der Waals surface area (Å²) in [5.74, 6) is 1.95. The predicted octanol–water partition coefficient (Wildman–Crippen LogP) is 3.37. The molecule has 0 radical (unpaired) electrons. The molecule has 5 nitrogen and oxygen atoms in total. The van der Waals surface area contributed by atoms with Crippen LogP contribution in [-0.4, -0.2) is 56.5 Å². The minimum Gasteiger partial charge on any atom is -0.379 e. The summed E-state index contributed by atoms with van der Waals surface area (Å²) in [6.45, 7) is 6.34. The molecule has 1 aliphatic heterocycles. The van der Waals surface area contributed by atoms with Crippen molar-refractivity contribution in [2.24, 2.45) is 4.99 Å². The zero-order valence-corrected chi connectivity index (χ0v) is 18.1. The zero-order chi connectivity index (χ0) is 20.2. The number of aliphatic imine (C=N–C) groups is 1. The van der Waals surface area contributed by atoms with Crippen LogP contribution in [0.1, 0.15) is 17.5 Å². The van der Waals surface area contributed by atoms with E-state index in [1.165, 1.54) is 16.0 Å². The van der Waals surface area contributed by atoms with Gasteiger partial charge in [-0.3, -0.25) is 9.89 Å². The van der Waals surface area contributed by atoms with E-state index in [-0.39, 0.29) is 0 Å². The summed E-state index contributed by atoms with van der Waals surface area (Å²) in [7, 11) is 1.83. The number of hydrogen-bond acceptors (Lipinski definition) is 4. The Morgan fingerprint density at radius 2 is 1.72 bits per heavy atom. The molecule has 0 spiro atoms. The molecule has 156 valence electrons. The monoisotopic (exact) mass is 412 g/mol. The number of morpholine rings is 1. The Morgan fingerprint density at radius 1 is 1.00 bits per heavy atom. The van der Waals surface area contributed by atoms with Crippen molar-refractivity contribution in [1.29, 1.82) is 0 Å². The lowest BCUT2D eigenvalue weighted by atomic mass is 10.1. The van der Waals surface area contributed by atoms with Gasteiger partial charge in [-0.05, 0) is 35.4 Å². The number of ether oxygens (including phenoxy) is 1. The summed E-state index contributed by atoms with van der Waals surface area (Å²) in [5.41, 5.74) is 2.69. The number of guanidine groups is 1. The van der Waals surface area contributed by atoms with Crippen LogP contribution in [0.4, 0.5) is 0 Å². The molecule has 1 heterocycles. The lowest BCUT2D eigenvalue weighted by Crippen LogP contribution is -2.38. The molecule has 2 aromatic rings. The fourth-order valence-corrected chi connectivity index (χ4v) is 4.14. The van der Waals surface area contributed by atoms with Gasteiger partial charge in [-0.2, -0.15) is 0 Å². The van der Waals surface area contributed by atoms with E-state index in [2.05, 4.69) is 75.1 Å². The van der Waals surface area contributed by atoms with Crippen molar-refractivity contribution in [1.82, 2.24) is 15.5 Å². The number of rotatable bonds is 9. The van der Waals surface area contributed by atoms with E-state index in [4.69, 9.17) is 4.74 Å². The molecule has 6 heteroatoms. The van der Waals surface area contributed by atoms with Gasteiger partial charge in [-0.25, -0.2) is 0 Å². The van der Waals surface area contributed by atoms with E-state index in [1.54, 1.807) is 0 Å². The van der Waals surface area contributed by atoms with E-state index >= 15 is 0 Å². The third-order valence-electron chi connectivity index (χ3n) is 4.91. The third kappa shape index (κ3) is 7.72. The molecule has 0 unspecified atom stereocenters. The van der Waals surface area contributed by atoms with Crippen molar-refractivity contribution >= 4 is 17.7 Å². The van der Waals surface area contributed by atoms with Crippen molar-refractivity contribution < 1.29 is 4.74 Å². The van der Waals surface area contributed by atoms with Gasteiger partial charge in [0.05, 0.1) is 13.2 Å². The third-order valence-corrected chi connectivity index (χ3v) is 6.01. The summed E-state index contributed by atoms with van der Waals surface area (Å²) in [4.78, 5) is 8.15. The number of nitrogens with zero attached hydrogens (tertiary/aromatic N) is 2. The molecule has 29 heavy (non-hydrogen) atoms. The minimum absolute atomic E-state index is 0.777. The SMILES string of the molecule is CN=C(NCCCSc1ccccc1)NCc1ccccc1CN1CCOCC1. The molecule has 1 fully saturated rings. The maximum atomic E-state index is 5.46. The maximum Gasteiger partial charge on any atom is 0.191 e. The van der Waals surface area contributed by atoms with Crippen LogP contribution in [-0.2, 0) is 17.8 Å². The highest BCUT2D eigenvalue weighted by molar-refractivity contribution is 7.99. The predicted molar refractivity (Wildman–Crippen MR) is 123 cm³/mol. The normalized spacial score (nSPS) is 15.3. The van der Waals surface area contributed by atoms with Gasteiger partial charge in [0.2, 0.25) is 0 Å². The Bertz CT molecular complexity index is 748. The highest BCUT2D eigenvalue weighted by atomic mass is 32.2. The topological polar surface area (TPSA) is 48.9 Å². The van der Waals surface area contributed by atoms with Crippen LogP contribution in [0.3, 0.4) is 0 Å². The van der Waals surface area contributed by atoms with Gasteiger partial charge in [-0.15, -0.1) is 11.8 Å². The maximum absolute atomic E-state index is 5.46. The number of nitrogens with one attached hydrogen (secondary N) is 2. The molecule has 0 saturated carbocycles. The van der Waals surface area contributed by atoms with Crippen molar-refractivity contribution in [3.8, 4) is 0 Å². The van der Waals surface area contributed by atoms with Crippen LogP contribution < -0.4 is 10.6 Å². The highest BCUT2D eigenvalue weighted by Gasteiger charge is 2.12. The summed E-state index contributed by atoms with van der Waals surface area (Å²) < 4.78 is 5.46. The lowest BCUT2D eigenvalue weighted by molar-refractivity contribution is 0.0341. The van der Waals surface area contributed by atoms with Gasteiger partial charge in [0.15, 0.2) is 5.96 Å². The second-order valence-corrected chi connectivity index (χ2v) is 8.19. The number of hydrogen-bond donors (Lipinski definition) is 2. The first-order valence-corrected chi connectivity index (χ1v) is 11.3. The quantitative estimate of drug-likeness (QED) is 0.286. The second kappa shape index (κ2) is 12.5. The molecular formula is C23H32N4OS. The first-order valence-electron chi connectivity index (χ1n) is 10.3. The summed E-state index contributed by atoms with van der Waals surface area (Å²) in [6.07, 6.45) is 1.09. The first-order chi connectivity index (χ1) is 14.3. The Balaban J connectivity index is 1.40. The van der Waals surface area contributed by atoms with E-state index < -0.39 is 0 Å². The largest absolute Gasteiger partial charge is 0.379 e. The molecule has 1 saturated heterocycles. The molecule has 2 aromatic carbocycles. The molecule has 0 amide bonds.